The summed E-state index contributed by atoms with van der Waals surface area (Å²) in [5.41, 5.74) is 2.92. The molecule has 1 aliphatic carbocycles. The predicted octanol–water partition coefficient (Wildman–Crippen LogP) is 1.65. The van der Waals surface area contributed by atoms with Gasteiger partial charge in [-0.05, 0) is 32.3 Å². The van der Waals surface area contributed by atoms with Gasteiger partial charge < -0.3 is 4.74 Å². The third-order valence-corrected chi connectivity index (χ3v) is 3.30. The molecular weight excluding hydrogens is 238 g/mol. The standard InChI is InChI=1S/C12H17NO5/c1-3-12(11(14)17-15)8-6-5-7-9(16-4-2)10(8)13-18-12/h7,13,15H,3-6H2,1-2H3. The van der Waals surface area contributed by atoms with Crippen LogP contribution in [0.3, 0.4) is 0 Å². The van der Waals surface area contributed by atoms with Crippen LogP contribution in [0.2, 0.25) is 0 Å². The molecule has 6 nitrogen and oxygen atoms in total. The first-order chi connectivity index (χ1) is 8.69. The molecule has 0 radical (unpaired) electrons. The molecule has 6 heteroatoms. The van der Waals surface area contributed by atoms with Gasteiger partial charge in [0.25, 0.3) is 0 Å². The van der Waals surface area contributed by atoms with E-state index in [1.165, 1.54) is 0 Å². The van der Waals surface area contributed by atoms with E-state index in [1.54, 1.807) is 6.92 Å². The van der Waals surface area contributed by atoms with Crippen molar-refractivity contribution < 1.29 is 24.5 Å². The number of hydrogen-bond donors (Lipinski definition) is 2. The van der Waals surface area contributed by atoms with Gasteiger partial charge in [-0.15, -0.1) is 0 Å². The van der Waals surface area contributed by atoms with Gasteiger partial charge in [0.05, 0.1) is 6.61 Å². The van der Waals surface area contributed by atoms with Gasteiger partial charge in [-0.2, -0.15) is 5.26 Å². The van der Waals surface area contributed by atoms with Crippen LogP contribution >= 0.6 is 0 Å². The lowest BCUT2D eigenvalue weighted by Gasteiger charge is -2.25. The highest BCUT2D eigenvalue weighted by molar-refractivity contribution is 5.84. The van der Waals surface area contributed by atoms with Crippen LogP contribution < -0.4 is 5.48 Å². The fraction of sp³-hybridized carbons (Fsp3) is 0.583. The summed E-state index contributed by atoms with van der Waals surface area (Å²) in [5.74, 6) is -0.125. The second-order valence-electron chi connectivity index (χ2n) is 4.16. The Bertz CT molecular complexity index is 415. The van der Waals surface area contributed by atoms with Crippen LogP contribution in [0.25, 0.3) is 0 Å². The summed E-state index contributed by atoms with van der Waals surface area (Å²) in [6, 6.07) is 0. The fourth-order valence-corrected chi connectivity index (χ4v) is 2.39. The maximum absolute atomic E-state index is 11.8. The molecule has 2 N–H and O–H groups in total. The third kappa shape index (κ3) is 1.77. The van der Waals surface area contributed by atoms with E-state index in [9.17, 15) is 4.79 Å². The molecule has 0 bridgehead atoms. The number of carbonyl (C=O) groups excluding carboxylic acids is 1. The average Bonchev–Trinajstić information content (AvgIpc) is 2.79. The van der Waals surface area contributed by atoms with Crippen molar-refractivity contribution in [2.45, 2.75) is 38.7 Å². The van der Waals surface area contributed by atoms with Crippen LogP contribution in [-0.2, 0) is 19.3 Å². The molecule has 1 heterocycles. The van der Waals surface area contributed by atoms with Gasteiger partial charge in [-0.3, -0.25) is 15.2 Å². The molecule has 0 aromatic rings. The third-order valence-electron chi connectivity index (χ3n) is 3.30. The van der Waals surface area contributed by atoms with Crippen molar-refractivity contribution in [3.63, 3.8) is 0 Å². The van der Waals surface area contributed by atoms with Crippen molar-refractivity contribution in [3.05, 3.63) is 23.1 Å². The quantitative estimate of drug-likeness (QED) is 0.587. The molecule has 1 aliphatic heterocycles. The molecule has 100 valence electrons. The van der Waals surface area contributed by atoms with Crippen molar-refractivity contribution in [2.24, 2.45) is 0 Å². The van der Waals surface area contributed by atoms with Crippen LogP contribution in [0.1, 0.15) is 33.1 Å². The average molecular weight is 255 g/mol. The Hall–Kier alpha value is -1.53. The topological polar surface area (TPSA) is 77.0 Å². The number of hydrogen-bond acceptors (Lipinski definition) is 6. The van der Waals surface area contributed by atoms with Crippen LogP contribution in [-0.4, -0.2) is 23.4 Å². The molecule has 18 heavy (non-hydrogen) atoms. The second-order valence-corrected chi connectivity index (χ2v) is 4.16. The van der Waals surface area contributed by atoms with Gasteiger partial charge in [0.15, 0.2) is 0 Å². The van der Waals surface area contributed by atoms with E-state index in [0.29, 0.717) is 30.9 Å². The van der Waals surface area contributed by atoms with E-state index in [2.05, 4.69) is 10.4 Å². The molecule has 0 fully saturated rings. The molecule has 0 spiro atoms. The Morgan fingerprint density at radius 1 is 1.61 bits per heavy atom. The van der Waals surface area contributed by atoms with Gasteiger partial charge in [-0.25, -0.2) is 4.79 Å². The van der Waals surface area contributed by atoms with E-state index in [0.717, 1.165) is 12.0 Å². The van der Waals surface area contributed by atoms with Gasteiger partial charge in [0.2, 0.25) is 5.60 Å². The highest BCUT2D eigenvalue weighted by atomic mass is 17.1. The van der Waals surface area contributed by atoms with E-state index in [1.807, 2.05) is 13.0 Å². The lowest BCUT2D eigenvalue weighted by Crippen LogP contribution is -2.42. The number of allylic oxidation sites excluding steroid dienone is 1. The van der Waals surface area contributed by atoms with Gasteiger partial charge >= 0.3 is 5.97 Å². The van der Waals surface area contributed by atoms with Gasteiger partial charge in [0.1, 0.15) is 11.5 Å². The number of carbonyl (C=O) groups is 1. The molecule has 2 aliphatic rings. The second kappa shape index (κ2) is 4.99. The monoisotopic (exact) mass is 255 g/mol. The van der Waals surface area contributed by atoms with Crippen LogP contribution in [0, 0.1) is 0 Å². The minimum atomic E-state index is -1.25. The minimum absolute atomic E-state index is 0.373. The van der Waals surface area contributed by atoms with Crippen molar-refractivity contribution in [2.75, 3.05) is 6.61 Å². The van der Waals surface area contributed by atoms with E-state index in [-0.39, 0.29) is 0 Å². The highest BCUT2D eigenvalue weighted by Gasteiger charge is 2.51. The Morgan fingerprint density at radius 2 is 2.39 bits per heavy atom. The number of rotatable bonds is 4. The zero-order valence-electron chi connectivity index (χ0n) is 10.5. The van der Waals surface area contributed by atoms with Gasteiger partial charge in [-0.1, -0.05) is 6.92 Å². The molecule has 0 saturated carbocycles. The lowest BCUT2D eigenvalue weighted by molar-refractivity contribution is -0.253. The number of ether oxygens (including phenoxy) is 1. The largest absolute Gasteiger partial charge is 0.492 e. The van der Waals surface area contributed by atoms with E-state index < -0.39 is 11.6 Å². The first-order valence-electron chi connectivity index (χ1n) is 6.06. The smallest absolute Gasteiger partial charge is 0.380 e. The SMILES string of the molecule is CCOC1=CCCC2=C1NOC2(CC)C(=O)OO. The summed E-state index contributed by atoms with van der Waals surface area (Å²) in [6.45, 7) is 4.22. The molecular formula is C12H17NO5. The number of hydroxylamine groups is 1. The Balaban J connectivity index is 2.38. The lowest BCUT2D eigenvalue weighted by atomic mass is 9.84. The summed E-state index contributed by atoms with van der Waals surface area (Å²) < 4.78 is 5.49. The molecule has 0 aromatic carbocycles. The minimum Gasteiger partial charge on any atom is -0.492 e. The zero-order valence-corrected chi connectivity index (χ0v) is 10.5. The van der Waals surface area contributed by atoms with Crippen molar-refractivity contribution in [1.82, 2.24) is 5.48 Å². The Morgan fingerprint density at radius 3 is 3.00 bits per heavy atom. The summed E-state index contributed by atoms with van der Waals surface area (Å²) >= 11 is 0. The van der Waals surface area contributed by atoms with Crippen LogP contribution in [0.15, 0.2) is 23.1 Å². The zero-order chi connectivity index (χ0) is 13.2. The maximum Gasteiger partial charge on any atom is 0.380 e. The van der Waals surface area contributed by atoms with Crippen LogP contribution in [0.4, 0.5) is 0 Å². The molecule has 0 saturated heterocycles. The summed E-state index contributed by atoms with van der Waals surface area (Å²) in [4.78, 5) is 21.0. The fourth-order valence-electron chi connectivity index (χ4n) is 2.39. The van der Waals surface area contributed by atoms with Crippen LogP contribution in [0.5, 0.6) is 0 Å². The highest BCUT2D eigenvalue weighted by Crippen LogP contribution is 2.41. The van der Waals surface area contributed by atoms with Gasteiger partial charge in [0, 0.05) is 5.57 Å². The molecule has 0 aromatic heterocycles. The predicted molar refractivity (Wildman–Crippen MR) is 61.9 cm³/mol. The maximum atomic E-state index is 11.8. The summed E-state index contributed by atoms with van der Waals surface area (Å²) in [6.07, 6.45) is 3.76. The van der Waals surface area contributed by atoms with E-state index >= 15 is 0 Å². The molecule has 1 unspecified atom stereocenters. The molecule has 2 rings (SSSR count). The number of nitrogens with one attached hydrogen (secondary N) is 1. The first-order valence-corrected chi connectivity index (χ1v) is 6.06. The normalized spacial score (nSPS) is 26.3. The van der Waals surface area contributed by atoms with Crippen molar-refractivity contribution >= 4 is 5.97 Å². The van der Waals surface area contributed by atoms with Crippen molar-refractivity contribution in [3.8, 4) is 0 Å². The molecule has 1 atom stereocenters. The Kier molecular flexibility index (Phi) is 3.58. The first kappa shape index (κ1) is 12.9. The summed E-state index contributed by atoms with van der Waals surface area (Å²) in [5, 5.41) is 8.63. The van der Waals surface area contributed by atoms with Crippen molar-refractivity contribution in [1.29, 1.82) is 0 Å². The summed E-state index contributed by atoms with van der Waals surface area (Å²) in [7, 11) is 0. The Labute approximate surface area is 105 Å². The molecule has 0 amide bonds. The van der Waals surface area contributed by atoms with E-state index in [4.69, 9.17) is 14.8 Å².